The average Bonchev–Trinajstić information content (AvgIpc) is 3.21. The van der Waals surface area contributed by atoms with E-state index in [0.29, 0.717) is 13.1 Å². The molecule has 1 saturated heterocycles. The van der Waals surface area contributed by atoms with Gasteiger partial charge in [-0.25, -0.2) is 0 Å². The first-order valence-electron chi connectivity index (χ1n) is 8.73. The van der Waals surface area contributed by atoms with Gasteiger partial charge in [0.1, 0.15) is 0 Å². The highest BCUT2D eigenvalue weighted by Crippen LogP contribution is 2.52. The van der Waals surface area contributed by atoms with Crippen molar-refractivity contribution in [3.05, 3.63) is 12.2 Å². The summed E-state index contributed by atoms with van der Waals surface area (Å²) in [6.07, 6.45) is 6.21. The van der Waals surface area contributed by atoms with E-state index < -0.39 is 0 Å². The Morgan fingerprint density at radius 2 is 1.79 bits per heavy atom. The number of aliphatic imine (C=N–C) groups is 1. The summed E-state index contributed by atoms with van der Waals surface area (Å²) in [5, 5.41) is 6.37. The SMILES string of the molecule is CCCN=C(NCC)NCCN1C(=O)C2C3C=CC(C3)C2C1=O.I. The van der Waals surface area contributed by atoms with E-state index in [1.807, 2.05) is 6.92 Å². The zero-order valence-corrected chi connectivity index (χ0v) is 16.7. The highest BCUT2D eigenvalue weighted by Gasteiger charge is 2.58. The van der Waals surface area contributed by atoms with Gasteiger partial charge in [-0.3, -0.25) is 19.5 Å². The number of guanidine groups is 1. The first kappa shape index (κ1) is 19.2. The minimum Gasteiger partial charge on any atom is -0.357 e. The van der Waals surface area contributed by atoms with Crippen molar-refractivity contribution in [1.29, 1.82) is 0 Å². The Labute approximate surface area is 160 Å². The van der Waals surface area contributed by atoms with Gasteiger partial charge < -0.3 is 10.6 Å². The van der Waals surface area contributed by atoms with Gasteiger partial charge in [0.15, 0.2) is 5.96 Å². The number of fused-ring (bicyclic) bond motifs is 5. The van der Waals surface area contributed by atoms with Crippen LogP contribution in [-0.2, 0) is 9.59 Å². The number of carbonyl (C=O) groups is 2. The van der Waals surface area contributed by atoms with Crippen molar-refractivity contribution >= 4 is 41.8 Å². The summed E-state index contributed by atoms with van der Waals surface area (Å²) < 4.78 is 0. The molecule has 0 aromatic heterocycles. The van der Waals surface area contributed by atoms with Crippen LogP contribution in [-0.4, -0.2) is 48.9 Å². The van der Waals surface area contributed by atoms with E-state index in [2.05, 4.69) is 34.7 Å². The van der Waals surface area contributed by atoms with Crippen molar-refractivity contribution in [1.82, 2.24) is 15.5 Å². The number of nitrogens with one attached hydrogen (secondary N) is 2. The topological polar surface area (TPSA) is 73.8 Å². The van der Waals surface area contributed by atoms with Crippen LogP contribution in [0.4, 0.5) is 0 Å². The van der Waals surface area contributed by atoms with Crippen molar-refractivity contribution in [2.75, 3.05) is 26.2 Å². The fraction of sp³-hybridized carbons (Fsp3) is 0.706. The van der Waals surface area contributed by atoms with Gasteiger partial charge in [-0.05, 0) is 31.6 Å². The molecule has 0 aromatic carbocycles. The third-order valence-corrected chi connectivity index (χ3v) is 5.03. The maximum atomic E-state index is 12.6. The summed E-state index contributed by atoms with van der Waals surface area (Å²) in [6.45, 7) is 6.60. The van der Waals surface area contributed by atoms with Crippen LogP contribution in [0.25, 0.3) is 0 Å². The number of carbonyl (C=O) groups excluding carboxylic acids is 2. The third-order valence-electron chi connectivity index (χ3n) is 5.03. The zero-order chi connectivity index (χ0) is 16.4. The number of allylic oxidation sites excluding steroid dienone is 2. The molecule has 2 aliphatic carbocycles. The molecule has 2 amide bonds. The van der Waals surface area contributed by atoms with E-state index in [1.54, 1.807) is 0 Å². The fourth-order valence-corrected chi connectivity index (χ4v) is 4.04. The molecule has 3 aliphatic rings. The first-order chi connectivity index (χ1) is 11.2. The van der Waals surface area contributed by atoms with Crippen LogP contribution in [0, 0.1) is 23.7 Å². The molecular weight excluding hydrogens is 419 g/mol. The molecule has 0 radical (unpaired) electrons. The fourth-order valence-electron chi connectivity index (χ4n) is 4.04. The number of hydrogen-bond acceptors (Lipinski definition) is 3. The molecule has 1 aliphatic heterocycles. The number of amides is 2. The molecule has 2 bridgehead atoms. The van der Waals surface area contributed by atoms with Crippen LogP contribution in [0.1, 0.15) is 26.7 Å². The van der Waals surface area contributed by atoms with Gasteiger partial charge in [-0.1, -0.05) is 19.1 Å². The maximum Gasteiger partial charge on any atom is 0.233 e. The Hall–Kier alpha value is -1.12. The first-order valence-corrected chi connectivity index (χ1v) is 8.73. The summed E-state index contributed by atoms with van der Waals surface area (Å²) in [6, 6.07) is 0. The predicted molar refractivity (Wildman–Crippen MR) is 104 cm³/mol. The summed E-state index contributed by atoms with van der Waals surface area (Å²) in [5.74, 6) is 1.16. The van der Waals surface area contributed by atoms with E-state index in [1.165, 1.54) is 4.90 Å². The van der Waals surface area contributed by atoms with Gasteiger partial charge in [0, 0.05) is 26.2 Å². The van der Waals surface area contributed by atoms with Crippen LogP contribution >= 0.6 is 24.0 Å². The second kappa shape index (κ2) is 8.31. The Morgan fingerprint density at radius 3 is 2.33 bits per heavy atom. The molecule has 134 valence electrons. The van der Waals surface area contributed by atoms with Crippen LogP contribution in [0.2, 0.25) is 0 Å². The number of likely N-dealkylation sites (tertiary alicyclic amines) is 1. The lowest BCUT2D eigenvalue weighted by molar-refractivity contribution is -0.140. The smallest absolute Gasteiger partial charge is 0.233 e. The number of nitrogens with zero attached hydrogens (tertiary/aromatic N) is 2. The quantitative estimate of drug-likeness (QED) is 0.213. The monoisotopic (exact) mass is 446 g/mol. The van der Waals surface area contributed by atoms with Crippen LogP contribution in [0.3, 0.4) is 0 Å². The average molecular weight is 446 g/mol. The zero-order valence-electron chi connectivity index (χ0n) is 14.3. The van der Waals surface area contributed by atoms with Gasteiger partial charge in [-0.2, -0.15) is 0 Å². The summed E-state index contributed by atoms with van der Waals surface area (Å²) in [7, 11) is 0. The van der Waals surface area contributed by atoms with Gasteiger partial charge in [-0.15, -0.1) is 24.0 Å². The largest absolute Gasteiger partial charge is 0.357 e. The lowest BCUT2D eigenvalue weighted by Gasteiger charge is -2.18. The minimum absolute atomic E-state index is 0. The van der Waals surface area contributed by atoms with Gasteiger partial charge in [0.25, 0.3) is 0 Å². The number of hydrogen-bond donors (Lipinski definition) is 2. The Bertz CT molecular complexity index is 519. The Balaban J connectivity index is 0.00000208. The molecule has 3 rings (SSSR count). The van der Waals surface area contributed by atoms with Gasteiger partial charge >= 0.3 is 0 Å². The van der Waals surface area contributed by atoms with Crippen molar-refractivity contribution in [3.63, 3.8) is 0 Å². The molecule has 4 unspecified atom stereocenters. The number of rotatable bonds is 6. The van der Waals surface area contributed by atoms with Crippen molar-refractivity contribution in [2.45, 2.75) is 26.7 Å². The second-order valence-electron chi connectivity index (χ2n) is 6.52. The normalized spacial score (nSPS) is 30.6. The van der Waals surface area contributed by atoms with Crippen LogP contribution in [0.5, 0.6) is 0 Å². The highest BCUT2D eigenvalue weighted by atomic mass is 127. The Kier molecular flexibility index (Phi) is 6.65. The number of imide groups is 1. The standard InChI is InChI=1S/C17H26N4O2.HI/c1-3-7-19-17(18-4-2)20-8-9-21-15(22)13-11-5-6-12(10-11)14(13)16(21)23;/h5-6,11-14H,3-4,7-10H2,1-2H3,(H2,18,19,20);1H. The van der Waals surface area contributed by atoms with E-state index in [0.717, 1.165) is 31.9 Å². The molecule has 6 nitrogen and oxygen atoms in total. The van der Waals surface area contributed by atoms with E-state index in [9.17, 15) is 9.59 Å². The lowest BCUT2D eigenvalue weighted by atomic mass is 9.85. The molecule has 2 fully saturated rings. The molecule has 1 saturated carbocycles. The van der Waals surface area contributed by atoms with Crippen LogP contribution < -0.4 is 10.6 Å². The number of halogens is 1. The highest BCUT2D eigenvalue weighted by molar-refractivity contribution is 14.0. The summed E-state index contributed by atoms with van der Waals surface area (Å²) in [4.78, 5) is 31.0. The van der Waals surface area contributed by atoms with E-state index in [-0.39, 0.29) is 59.5 Å². The third kappa shape index (κ3) is 3.45. The van der Waals surface area contributed by atoms with Crippen molar-refractivity contribution in [2.24, 2.45) is 28.7 Å². The van der Waals surface area contributed by atoms with Gasteiger partial charge in [0.2, 0.25) is 11.8 Å². The van der Waals surface area contributed by atoms with E-state index >= 15 is 0 Å². The van der Waals surface area contributed by atoms with Crippen molar-refractivity contribution in [3.8, 4) is 0 Å². The molecule has 4 atom stereocenters. The molecule has 7 heteroatoms. The predicted octanol–water partition coefficient (Wildman–Crippen LogP) is 1.38. The lowest BCUT2D eigenvalue weighted by Crippen LogP contribution is -2.43. The van der Waals surface area contributed by atoms with Crippen molar-refractivity contribution < 1.29 is 9.59 Å². The summed E-state index contributed by atoms with van der Waals surface area (Å²) >= 11 is 0. The summed E-state index contributed by atoms with van der Waals surface area (Å²) in [5.41, 5.74) is 0. The molecule has 24 heavy (non-hydrogen) atoms. The Morgan fingerprint density at radius 1 is 1.17 bits per heavy atom. The second-order valence-corrected chi connectivity index (χ2v) is 6.52. The van der Waals surface area contributed by atoms with Gasteiger partial charge in [0.05, 0.1) is 11.8 Å². The molecule has 2 N–H and O–H groups in total. The van der Waals surface area contributed by atoms with E-state index in [4.69, 9.17) is 0 Å². The molecular formula is C17H27IN4O2. The maximum absolute atomic E-state index is 12.6. The molecule has 0 aromatic rings. The molecule has 1 heterocycles. The van der Waals surface area contributed by atoms with Crippen LogP contribution in [0.15, 0.2) is 17.1 Å². The minimum atomic E-state index is -0.0977. The molecule has 0 spiro atoms.